The Hall–Kier alpha value is -0.120. The van der Waals surface area contributed by atoms with Crippen molar-refractivity contribution in [3.8, 4) is 0 Å². The highest BCUT2D eigenvalue weighted by Crippen LogP contribution is 2.28. The lowest BCUT2D eigenvalue weighted by molar-refractivity contribution is 0.0223. The molecule has 2 fully saturated rings. The van der Waals surface area contributed by atoms with Gasteiger partial charge in [-0.25, -0.2) is 0 Å². The van der Waals surface area contributed by atoms with Gasteiger partial charge in [0, 0.05) is 31.7 Å². The number of piperazine rings is 1. The quantitative estimate of drug-likeness (QED) is 0.831. The third kappa shape index (κ3) is 3.69. The van der Waals surface area contributed by atoms with Crippen molar-refractivity contribution in [1.82, 2.24) is 9.80 Å². The summed E-state index contributed by atoms with van der Waals surface area (Å²) in [5.74, 6) is 0.794. The molecule has 1 aliphatic carbocycles. The lowest BCUT2D eigenvalue weighted by Gasteiger charge is -2.43. The Labute approximate surface area is 112 Å². The minimum Gasteiger partial charge on any atom is -0.392 e. The molecule has 3 unspecified atom stereocenters. The molecule has 1 saturated carbocycles. The van der Waals surface area contributed by atoms with Crippen LogP contribution in [0.2, 0.25) is 0 Å². The Bertz CT molecular complexity index is 241. The first kappa shape index (κ1) is 14.3. The van der Waals surface area contributed by atoms with Crippen molar-refractivity contribution in [1.29, 1.82) is 0 Å². The molecule has 0 spiro atoms. The van der Waals surface area contributed by atoms with Crippen LogP contribution in [0.1, 0.15) is 46.0 Å². The largest absolute Gasteiger partial charge is 0.392 e. The summed E-state index contributed by atoms with van der Waals surface area (Å²) in [6.45, 7) is 7.64. The maximum atomic E-state index is 10.2. The Morgan fingerprint density at radius 2 is 1.67 bits per heavy atom. The molecule has 1 N–H and O–H groups in total. The molecule has 1 saturated heterocycles. The van der Waals surface area contributed by atoms with Crippen molar-refractivity contribution < 1.29 is 5.11 Å². The molecule has 0 bridgehead atoms. The van der Waals surface area contributed by atoms with E-state index in [1.165, 1.54) is 25.7 Å². The summed E-state index contributed by atoms with van der Waals surface area (Å²) in [4.78, 5) is 4.90. The lowest BCUT2D eigenvalue weighted by atomic mass is 9.99. The van der Waals surface area contributed by atoms with Crippen molar-refractivity contribution in [3.63, 3.8) is 0 Å². The Morgan fingerprint density at radius 3 is 2.22 bits per heavy atom. The van der Waals surface area contributed by atoms with Gasteiger partial charge in [-0.1, -0.05) is 25.7 Å². The Morgan fingerprint density at radius 1 is 1.11 bits per heavy atom. The van der Waals surface area contributed by atoms with E-state index in [0.717, 1.165) is 32.0 Å². The van der Waals surface area contributed by atoms with Gasteiger partial charge in [0.05, 0.1) is 6.10 Å². The van der Waals surface area contributed by atoms with Crippen LogP contribution in [-0.4, -0.2) is 59.8 Å². The fraction of sp³-hybridized carbons (Fsp3) is 1.00. The van der Waals surface area contributed by atoms with Crippen molar-refractivity contribution in [3.05, 3.63) is 0 Å². The summed E-state index contributed by atoms with van der Waals surface area (Å²) < 4.78 is 0. The van der Waals surface area contributed by atoms with E-state index >= 15 is 0 Å². The van der Waals surface area contributed by atoms with Crippen LogP contribution in [0.4, 0.5) is 0 Å². The monoisotopic (exact) mass is 254 g/mol. The second kappa shape index (κ2) is 6.36. The number of hydrogen-bond acceptors (Lipinski definition) is 3. The average Bonchev–Trinajstić information content (AvgIpc) is 2.78. The zero-order chi connectivity index (χ0) is 13.1. The average molecular weight is 254 g/mol. The summed E-state index contributed by atoms with van der Waals surface area (Å²) in [5, 5.41) is 10.2. The molecular formula is C15H30N2O. The van der Waals surface area contributed by atoms with Gasteiger partial charge in [-0.05, 0) is 33.2 Å². The van der Waals surface area contributed by atoms with Crippen molar-refractivity contribution in [2.24, 2.45) is 5.92 Å². The van der Waals surface area contributed by atoms with E-state index in [4.69, 9.17) is 0 Å². The van der Waals surface area contributed by atoms with Crippen molar-refractivity contribution in [2.75, 3.05) is 26.7 Å². The summed E-state index contributed by atoms with van der Waals surface area (Å²) in [7, 11) is 2.21. The molecule has 0 radical (unpaired) electrons. The fourth-order valence-electron chi connectivity index (χ4n) is 3.67. The fourth-order valence-corrected chi connectivity index (χ4v) is 3.67. The van der Waals surface area contributed by atoms with E-state index in [1.807, 2.05) is 0 Å². The van der Waals surface area contributed by atoms with Gasteiger partial charge in [-0.15, -0.1) is 0 Å². The smallest absolute Gasteiger partial charge is 0.0669 e. The van der Waals surface area contributed by atoms with E-state index < -0.39 is 0 Å². The van der Waals surface area contributed by atoms with Gasteiger partial charge in [-0.2, -0.15) is 0 Å². The predicted molar refractivity (Wildman–Crippen MR) is 75.7 cm³/mol. The van der Waals surface area contributed by atoms with Gasteiger partial charge < -0.3 is 5.11 Å². The molecule has 3 heteroatoms. The second-order valence-electron chi connectivity index (χ2n) is 6.62. The maximum absolute atomic E-state index is 10.2. The number of aliphatic hydroxyl groups is 1. The third-order valence-electron chi connectivity index (χ3n) is 4.98. The Kier molecular flexibility index (Phi) is 5.05. The summed E-state index contributed by atoms with van der Waals surface area (Å²) in [5.41, 5.74) is 0. The number of nitrogens with zero attached hydrogens (tertiary/aromatic N) is 2. The van der Waals surface area contributed by atoms with Gasteiger partial charge in [-0.3, -0.25) is 9.80 Å². The van der Waals surface area contributed by atoms with Gasteiger partial charge in [0.15, 0.2) is 0 Å². The maximum Gasteiger partial charge on any atom is 0.0669 e. The molecule has 2 rings (SSSR count). The van der Waals surface area contributed by atoms with E-state index in [0.29, 0.717) is 12.1 Å². The Balaban J connectivity index is 1.74. The summed E-state index contributed by atoms with van der Waals surface area (Å²) >= 11 is 0. The number of rotatable bonds is 4. The van der Waals surface area contributed by atoms with E-state index in [9.17, 15) is 5.11 Å². The highest BCUT2D eigenvalue weighted by molar-refractivity contribution is 4.84. The lowest BCUT2D eigenvalue weighted by Crippen LogP contribution is -2.56. The first-order chi connectivity index (χ1) is 8.56. The highest BCUT2D eigenvalue weighted by Gasteiger charge is 2.28. The van der Waals surface area contributed by atoms with Gasteiger partial charge in [0.2, 0.25) is 0 Å². The van der Waals surface area contributed by atoms with Crippen molar-refractivity contribution >= 4 is 0 Å². The van der Waals surface area contributed by atoms with E-state index in [1.54, 1.807) is 0 Å². The number of likely N-dealkylation sites (N-methyl/N-ethyl adjacent to an activating group) is 1. The zero-order valence-electron chi connectivity index (χ0n) is 12.3. The molecule has 0 aromatic carbocycles. The normalized spacial score (nSPS) is 34.0. The van der Waals surface area contributed by atoms with Crippen LogP contribution in [-0.2, 0) is 0 Å². The van der Waals surface area contributed by atoms with Crippen LogP contribution in [0.5, 0.6) is 0 Å². The highest BCUT2D eigenvalue weighted by atomic mass is 16.3. The van der Waals surface area contributed by atoms with Gasteiger partial charge in [0.1, 0.15) is 0 Å². The zero-order valence-corrected chi connectivity index (χ0v) is 12.3. The van der Waals surface area contributed by atoms with Crippen LogP contribution < -0.4 is 0 Å². The third-order valence-corrected chi connectivity index (χ3v) is 4.98. The summed E-state index contributed by atoms with van der Waals surface area (Å²) in [6, 6.07) is 1.21. The molecule has 18 heavy (non-hydrogen) atoms. The molecule has 1 heterocycles. The molecule has 0 aromatic heterocycles. The molecule has 3 atom stereocenters. The number of aliphatic hydroxyl groups excluding tert-OH is 1. The van der Waals surface area contributed by atoms with Crippen LogP contribution in [0.25, 0.3) is 0 Å². The predicted octanol–water partition coefficient (Wildman–Crippen LogP) is 1.95. The number of β-amino-alcohol motifs (C(OH)–C–C–N with tert-alkyl or cyclic N) is 1. The second-order valence-corrected chi connectivity index (χ2v) is 6.62. The van der Waals surface area contributed by atoms with E-state index in [-0.39, 0.29) is 6.10 Å². The number of hydrogen-bond donors (Lipinski definition) is 1. The van der Waals surface area contributed by atoms with Crippen LogP contribution in [0, 0.1) is 5.92 Å². The molecular weight excluding hydrogens is 224 g/mol. The SMILES string of the molecule is CC1CN(CC(O)CC2CCCC2)CC(C)N1C. The topological polar surface area (TPSA) is 26.7 Å². The minimum atomic E-state index is -0.115. The molecule has 0 aromatic rings. The van der Waals surface area contributed by atoms with Crippen LogP contribution >= 0.6 is 0 Å². The first-order valence-corrected chi connectivity index (χ1v) is 7.68. The summed E-state index contributed by atoms with van der Waals surface area (Å²) in [6.07, 6.45) is 6.34. The van der Waals surface area contributed by atoms with Crippen molar-refractivity contribution in [2.45, 2.75) is 64.1 Å². The molecule has 2 aliphatic rings. The van der Waals surface area contributed by atoms with Crippen LogP contribution in [0.15, 0.2) is 0 Å². The van der Waals surface area contributed by atoms with Gasteiger partial charge >= 0.3 is 0 Å². The molecule has 3 nitrogen and oxygen atoms in total. The first-order valence-electron chi connectivity index (χ1n) is 7.68. The molecule has 0 amide bonds. The van der Waals surface area contributed by atoms with E-state index in [2.05, 4.69) is 30.7 Å². The van der Waals surface area contributed by atoms with Crippen LogP contribution in [0.3, 0.4) is 0 Å². The van der Waals surface area contributed by atoms with Gasteiger partial charge in [0.25, 0.3) is 0 Å². The standard InChI is InChI=1S/C15H30N2O/c1-12-9-17(10-13(2)16(12)3)11-15(18)8-14-6-4-5-7-14/h12-15,18H,4-11H2,1-3H3. The minimum absolute atomic E-state index is 0.115. The molecule has 106 valence electrons. The molecule has 1 aliphatic heterocycles.